The van der Waals surface area contributed by atoms with E-state index in [1.54, 1.807) is 27.7 Å². The number of para-hydroxylation sites is 1. The van der Waals surface area contributed by atoms with Crippen LogP contribution in [0.25, 0.3) is 28.2 Å². The first-order valence-electron chi connectivity index (χ1n) is 12.7. The standard InChI is InChI=1S/C29H30N6O2S2/c1-6-34-27(23-16-38-20(4)25(23)21-14-12-18(2)13-15-21)31-32-29(34)39-17-24(36)30-26-19(3)33(5)35(28(26)37)22-10-8-7-9-11-22/h7-16H,6,17H2,1-5H3,(H,30,36). The lowest BCUT2D eigenvalue weighted by atomic mass is 10.0. The Morgan fingerprint density at radius 3 is 2.44 bits per heavy atom. The summed E-state index contributed by atoms with van der Waals surface area (Å²) in [6.45, 7) is 8.72. The highest BCUT2D eigenvalue weighted by atomic mass is 32.2. The number of nitrogens with one attached hydrogen (secondary N) is 1. The topological polar surface area (TPSA) is 86.7 Å². The Hall–Kier alpha value is -3.89. The first kappa shape index (κ1) is 26.7. The Bertz CT molecular complexity index is 1690. The fraction of sp³-hybridized carbons (Fsp3) is 0.241. The lowest BCUT2D eigenvalue weighted by Crippen LogP contribution is -2.23. The van der Waals surface area contributed by atoms with E-state index in [0.29, 0.717) is 17.4 Å². The Labute approximate surface area is 235 Å². The highest BCUT2D eigenvalue weighted by Crippen LogP contribution is 2.39. The average Bonchev–Trinajstić information content (AvgIpc) is 3.58. The molecule has 0 saturated carbocycles. The van der Waals surface area contributed by atoms with Crippen molar-refractivity contribution in [1.82, 2.24) is 24.1 Å². The van der Waals surface area contributed by atoms with Gasteiger partial charge in [0, 0.05) is 35.0 Å². The second-order valence-corrected chi connectivity index (χ2v) is 11.3. The molecule has 5 aromatic rings. The van der Waals surface area contributed by atoms with Gasteiger partial charge in [-0.15, -0.1) is 21.5 Å². The summed E-state index contributed by atoms with van der Waals surface area (Å²) in [5, 5.41) is 14.6. The van der Waals surface area contributed by atoms with E-state index in [1.165, 1.54) is 22.2 Å². The number of thioether (sulfide) groups is 1. The molecule has 10 heteroatoms. The number of nitrogens with zero attached hydrogens (tertiary/aromatic N) is 5. The highest BCUT2D eigenvalue weighted by Gasteiger charge is 2.22. The van der Waals surface area contributed by atoms with Crippen molar-refractivity contribution in [3.05, 3.63) is 86.5 Å². The molecule has 0 fully saturated rings. The summed E-state index contributed by atoms with van der Waals surface area (Å²) in [6, 6.07) is 17.9. The van der Waals surface area contributed by atoms with Gasteiger partial charge in [-0.2, -0.15) is 0 Å². The summed E-state index contributed by atoms with van der Waals surface area (Å²) in [4.78, 5) is 27.3. The second-order valence-electron chi connectivity index (χ2n) is 9.27. The van der Waals surface area contributed by atoms with Crippen molar-refractivity contribution in [2.75, 3.05) is 11.1 Å². The number of hydrogen-bond acceptors (Lipinski definition) is 6. The summed E-state index contributed by atoms with van der Waals surface area (Å²) in [5.41, 5.74) is 5.98. The van der Waals surface area contributed by atoms with Crippen LogP contribution in [-0.2, 0) is 18.4 Å². The lowest BCUT2D eigenvalue weighted by molar-refractivity contribution is -0.113. The molecular formula is C29H30N6O2S2. The molecule has 0 aliphatic carbocycles. The summed E-state index contributed by atoms with van der Waals surface area (Å²) >= 11 is 3.00. The summed E-state index contributed by atoms with van der Waals surface area (Å²) < 4.78 is 5.33. The zero-order valence-electron chi connectivity index (χ0n) is 22.6. The van der Waals surface area contributed by atoms with E-state index in [1.807, 2.05) is 48.7 Å². The van der Waals surface area contributed by atoms with E-state index in [4.69, 9.17) is 0 Å². The highest BCUT2D eigenvalue weighted by molar-refractivity contribution is 7.99. The van der Waals surface area contributed by atoms with Gasteiger partial charge in [0.15, 0.2) is 11.0 Å². The second kappa shape index (κ2) is 11.1. The predicted octanol–water partition coefficient (Wildman–Crippen LogP) is 5.84. The van der Waals surface area contributed by atoms with Gasteiger partial charge in [-0.05, 0) is 45.4 Å². The minimum atomic E-state index is -0.273. The third-order valence-electron chi connectivity index (χ3n) is 6.74. The van der Waals surface area contributed by atoms with Crippen molar-refractivity contribution in [2.24, 2.45) is 7.05 Å². The van der Waals surface area contributed by atoms with Crippen LogP contribution in [0.4, 0.5) is 5.69 Å². The zero-order chi connectivity index (χ0) is 27.7. The summed E-state index contributed by atoms with van der Waals surface area (Å²) in [5.74, 6) is 0.611. The van der Waals surface area contributed by atoms with Gasteiger partial charge in [-0.25, -0.2) is 4.68 Å². The van der Waals surface area contributed by atoms with E-state index in [-0.39, 0.29) is 22.9 Å². The van der Waals surface area contributed by atoms with E-state index >= 15 is 0 Å². The van der Waals surface area contributed by atoms with Gasteiger partial charge in [-0.1, -0.05) is 59.8 Å². The van der Waals surface area contributed by atoms with Gasteiger partial charge < -0.3 is 9.88 Å². The minimum absolute atomic E-state index is 0.102. The van der Waals surface area contributed by atoms with Crippen LogP contribution in [0.3, 0.4) is 0 Å². The first-order valence-corrected chi connectivity index (χ1v) is 14.5. The van der Waals surface area contributed by atoms with Gasteiger partial charge in [0.25, 0.3) is 5.56 Å². The first-order chi connectivity index (χ1) is 18.8. The number of thiophene rings is 1. The van der Waals surface area contributed by atoms with Gasteiger partial charge in [-0.3, -0.25) is 14.3 Å². The molecule has 1 amide bonds. The van der Waals surface area contributed by atoms with Gasteiger partial charge in [0.05, 0.1) is 17.1 Å². The smallest absolute Gasteiger partial charge is 0.295 e. The lowest BCUT2D eigenvalue weighted by Gasteiger charge is -2.10. The van der Waals surface area contributed by atoms with Crippen LogP contribution in [0.15, 0.2) is 69.9 Å². The van der Waals surface area contributed by atoms with Gasteiger partial charge in [0.2, 0.25) is 5.91 Å². The number of aryl methyl sites for hydroxylation is 2. The fourth-order valence-electron chi connectivity index (χ4n) is 4.60. The third-order valence-corrected chi connectivity index (χ3v) is 8.62. The molecular weight excluding hydrogens is 528 g/mol. The Balaban J connectivity index is 1.36. The van der Waals surface area contributed by atoms with Crippen LogP contribution in [0.2, 0.25) is 0 Å². The van der Waals surface area contributed by atoms with Gasteiger partial charge in [0.1, 0.15) is 5.69 Å². The number of rotatable bonds is 8. The number of anilines is 1. The molecule has 0 unspecified atom stereocenters. The van der Waals surface area contributed by atoms with Crippen LogP contribution >= 0.6 is 23.1 Å². The van der Waals surface area contributed by atoms with Crippen molar-refractivity contribution in [1.29, 1.82) is 0 Å². The molecule has 3 aromatic heterocycles. The molecule has 0 bridgehead atoms. The Morgan fingerprint density at radius 1 is 1.03 bits per heavy atom. The van der Waals surface area contributed by atoms with E-state index in [2.05, 4.69) is 59.0 Å². The van der Waals surface area contributed by atoms with Crippen LogP contribution in [0, 0.1) is 20.8 Å². The SMILES string of the molecule is CCn1c(SCC(=O)Nc2c(C)n(C)n(-c3ccccc3)c2=O)nnc1-c1csc(C)c1-c1ccc(C)cc1. The molecule has 0 atom stereocenters. The van der Waals surface area contributed by atoms with Crippen molar-refractivity contribution in [2.45, 2.75) is 39.4 Å². The molecule has 200 valence electrons. The molecule has 1 N–H and O–H groups in total. The van der Waals surface area contributed by atoms with E-state index in [9.17, 15) is 9.59 Å². The van der Waals surface area contributed by atoms with Crippen molar-refractivity contribution >= 4 is 34.7 Å². The summed E-state index contributed by atoms with van der Waals surface area (Å²) in [6.07, 6.45) is 0. The zero-order valence-corrected chi connectivity index (χ0v) is 24.2. The molecule has 0 aliphatic rings. The molecule has 0 aliphatic heterocycles. The van der Waals surface area contributed by atoms with Crippen LogP contribution in [-0.4, -0.2) is 35.8 Å². The largest absolute Gasteiger partial charge is 0.319 e. The number of benzene rings is 2. The quantitative estimate of drug-likeness (QED) is 0.242. The molecule has 0 saturated heterocycles. The van der Waals surface area contributed by atoms with Crippen LogP contribution in [0.5, 0.6) is 0 Å². The molecule has 8 nitrogen and oxygen atoms in total. The van der Waals surface area contributed by atoms with Crippen LogP contribution in [0.1, 0.15) is 23.1 Å². The molecule has 0 radical (unpaired) electrons. The molecule has 2 aromatic carbocycles. The van der Waals surface area contributed by atoms with E-state index < -0.39 is 0 Å². The third kappa shape index (κ3) is 5.09. The van der Waals surface area contributed by atoms with Gasteiger partial charge >= 0.3 is 0 Å². The van der Waals surface area contributed by atoms with Crippen molar-refractivity contribution < 1.29 is 4.79 Å². The van der Waals surface area contributed by atoms with Crippen molar-refractivity contribution in [3.63, 3.8) is 0 Å². The number of hydrogen-bond donors (Lipinski definition) is 1. The van der Waals surface area contributed by atoms with Crippen molar-refractivity contribution in [3.8, 4) is 28.2 Å². The van der Waals surface area contributed by atoms with Crippen LogP contribution < -0.4 is 10.9 Å². The number of amides is 1. The number of carbonyl (C=O) groups is 1. The number of carbonyl (C=O) groups excluding carboxylic acids is 1. The summed E-state index contributed by atoms with van der Waals surface area (Å²) in [7, 11) is 1.80. The normalized spacial score (nSPS) is 11.2. The fourth-order valence-corrected chi connectivity index (χ4v) is 6.26. The average molecular weight is 559 g/mol. The monoisotopic (exact) mass is 558 g/mol. The maximum atomic E-state index is 13.1. The maximum Gasteiger partial charge on any atom is 0.295 e. The molecule has 5 rings (SSSR count). The Kier molecular flexibility index (Phi) is 7.58. The Morgan fingerprint density at radius 2 is 1.74 bits per heavy atom. The molecule has 3 heterocycles. The minimum Gasteiger partial charge on any atom is -0.319 e. The maximum absolute atomic E-state index is 13.1. The number of aromatic nitrogens is 5. The predicted molar refractivity (Wildman–Crippen MR) is 159 cm³/mol. The van der Waals surface area contributed by atoms with E-state index in [0.717, 1.165) is 28.2 Å². The molecule has 0 spiro atoms. The molecule has 39 heavy (non-hydrogen) atoms.